The molecule has 2 saturated heterocycles. The molecule has 0 N–H and O–H groups in total. The highest BCUT2D eigenvalue weighted by Crippen LogP contribution is 2.21. The minimum absolute atomic E-state index is 0.133. The Hall–Kier alpha value is -2.18. The van der Waals surface area contributed by atoms with Gasteiger partial charge in [0, 0.05) is 53.1 Å². The van der Waals surface area contributed by atoms with Crippen molar-refractivity contribution < 1.29 is 9.59 Å². The Morgan fingerprint density at radius 3 is 2.32 bits per heavy atom. The van der Waals surface area contributed by atoms with E-state index in [2.05, 4.69) is 15.1 Å². The third-order valence-electron chi connectivity index (χ3n) is 5.22. The number of hydrogen-bond donors (Lipinski definition) is 0. The van der Waals surface area contributed by atoms with Crippen LogP contribution >= 0.6 is 0 Å². The molecule has 0 unspecified atom stereocenters. The van der Waals surface area contributed by atoms with Gasteiger partial charge in [-0.3, -0.25) is 9.59 Å². The van der Waals surface area contributed by atoms with Gasteiger partial charge in [0.15, 0.2) is 5.82 Å². The van der Waals surface area contributed by atoms with Crippen molar-refractivity contribution in [3.05, 3.63) is 17.8 Å². The van der Waals surface area contributed by atoms with E-state index < -0.39 is 0 Å². The van der Waals surface area contributed by atoms with E-state index in [1.165, 1.54) is 0 Å². The van der Waals surface area contributed by atoms with Gasteiger partial charge in [0.1, 0.15) is 0 Å². The van der Waals surface area contributed by atoms with Crippen LogP contribution in [-0.2, 0) is 16.0 Å². The second-order valence-corrected chi connectivity index (χ2v) is 7.05. The predicted octanol–water partition coefficient (Wildman–Crippen LogP) is 0.946. The lowest BCUT2D eigenvalue weighted by molar-refractivity contribution is -0.130. The summed E-state index contributed by atoms with van der Waals surface area (Å²) in [7, 11) is 0. The smallest absolute Gasteiger partial charge is 0.219 e. The first-order chi connectivity index (χ1) is 12.0. The summed E-state index contributed by atoms with van der Waals surface area (Å²) in [5, 5.41) is 8.78. The number of hydrogen-bond acceptors (Lipinski definition) is 5. The van der Waals surface area contributed by atoms with Crippen molar-refractivity contribution in [3.8, 4) is 0 Å². The highest BCUT2D eigenvalue weighted by molar-refractivity contribution is 5.73. The quantitative estimate of drug-likeness (QED) is 0.816. The monoisotopic (exact) mass is 345 g/mol. The molecule has 0 radical (unpaired) electrons. The minimum atomic E-state index is 0.133. The molecule has 1 aromatic rings. The fourth-order valence-corrected chi connectivity index (χ4v) is 3.69. The minimum Gasteiger partial charge on any atom is -0.352 e. The lowest BCUT2D eigenvalue weighted by atomic mass is 9.93. The summed E-state index contributed by atoms with van der Waals surface area (Å²) in [6, 6.07) is 4.07. The number of anilines is 1. The van der Waals surface area contributed by atoms with E-state index in [4.69, 9.17) is 0 Å². The van der Waals surface area contributed by atoms with Crippen molar-refractivity contribution in [2.45, 2.75) is 33.1 Å². The van der Waals surface area contributed by atoms with Crippen LogP contribution in [0.2, 0.25) is 0 Å². The van der Waals surface area contributed by atoms with Crippen molar-refractivity contribution in [1.29, 1.82) is 0 Å². The molecule has 7 nitrogen and oxygen atoms in total. The van der Waals surface area contributed by atoms with E-state index in [9.17, 15) is 9.59 Å². The van der Waals surface area contributed by atoms with E-state index in [0.717, 1.165) is 70.0 Å². The van der Waals surface area contributed by atoms with Crippen LogP contribution in [0.5, 0.6) is 0 Å². The average molecular weight is 345 g/mol. The molecule has 25 heavy (non-hydrogen) atoms. The first-order valence-electron chi connectivity index (χ1n) is 9.11. The Kier molecular flexibility index (Phi) is 5.50. The fourth-order valence-electron chi connectivity index (χ4n) is 3.69. The van der Waals surface area contributed by atoms with Gasteiger partial charge in [-0.1, -0.05) is 0 Å². The lowest BCUT2D eigenvalue weighted by Gasteiger charge is -2.34. The van der Waals surface area contributed by atoms with E-state index >= 15 is 0 Å². The standard InChI is InChI=1S/C18H27N5O2/c1-14(24)21-8-10-22(11-9-21)18-6-5-17(19-20-18)12-16-4-3-7-23(13-16)15(2)25/h5-6,16H,3-4,7-13H2,1-2H3/t16-/m0/s1. The van der Waals surface area contributed by atoms with E-state index in [0.29, 0.717) is 5.92 Å². The summed E-state index contributed by atoms with van der Waals surface area (Å²) in [6.07, 6.45) is 3.07. The number of amides is 2. The summed E-state index contributed by atoms with van der Waals surface area (Å²) in [4.78, 5) is 28.9. The average Bonchev–Trinajstić information content (AvgIpc) is 2.63. The highest BCUT2D eigenvalue weighted by Gasteiger charge is 2.23. The normalized spacial score (nSPS) is 21.4. The molecule has 2 aliphatic heterocycles. The molecule has 3 rings (SSSR count). The number of carbonyl (C=O) groups is 2. The topological polar surface area (TPSA) is 69.6 Å². The molecule has 1 atom stereocenters. The zero-order valence-electron chi connectivity index (χ0n) is 15.1. The SMILES string of the molecule is CC(=O)N1CCN(c2ccc(C[C@@H]3CCCN(C(C)=O)C3)nn2)CC1. The highest BCUT2D eigenvalue weighted by atomic mass is 16.2. The van der Waals surface area contributed by atoms with Gasteiger partial charge in [-0.15, -0.1) is 5.10 Å². The Balaban J connectivity index is 1.54. The van der Waals surface area contributed by atoms with Crippen molar-refractivity contribution >= 4 is 17.6 Å². The Labute approximate surface area is 149 Å². The molecule has 2 amide bonds. The van der Waals surface area contributed by atoms with Gasteiger partial charge >= 0.3 is 0 Å². The Morgan fingerprint density at radius 2 is 1.72 bits per heavy atom. The van der Waals surface area contributed by atoms with Crippen molar-refractivity contribution in [1.82, 2.24) is 20.0 Å². The van der Waals surface area contributed by atoms with Crippen LogP contribution < -0.4 is 4.90 Å². The molecular weight excluding hydrogens is 318 g/mol. The molecule has 136 valence electrons. The molecule has 2 fully saturated rings. The van der Waals surface area contributed by atoms with Crippen LogP contribution in [0.4, 0.5) is 5.82 Å². The first kappa shape index (κ1) is 17.6. The molecular formula is C18H27N5O2. The zero-order chi connectivity index (χ0) is 17.8. The fraction of sp³-hybridized carbons (Fsp3) is 0.667. The number of nitrogens with zero attached hydrogens (tertiary/aromatic N) is 5. The molecule has 0 aliphatic carbocycles. The van der Waals surface area contributed by atoms with Crippen molar-refractivity contribution in [2.75, 3.05) is 44.2 Å². The van der Waals surface area contributed by atoms with Crippen LogP contribution in [0.3, 0.4) is 0 Å². The molecule has 0 spiro atoms. The third kappa shape index (κ3) is 4.46. The van der Waals surface area contributed by atoms with Crippen LogP contribution in [-0.4, -0.2) is 71.1 Å². The zero-order valence-corrected chi connectivity index (χ0v) is 15.1. The largest absolute Gasteiger partial charge is 0.352 e. The van der Waals surface area contributed by atoms with Crippen LogP contribution in [0, 0.1) is 5.92 Å². The van der Waals surface area contributed by atoms with E-state index in [1.807, 2.05) is 21.9 Å². The van der Waals surface area contributed by atoms with Crippen LogP contribution in [0.15, 0.2) is 12.1 Å². The number of carbonyl (C=O) groups excluding carboxylic acids is 2. The molecule has 1 aromatic heterocycles. The summed E-state index contributed by atoms with van der Waals surface area (Å²) in [5.74, 6) is 1.64. The van der Waals surface area contributed by atoms with Crippen LogP contribution in [0.1, 0.15) is 32.4 Å². The summed E-state index contributed by atoms with van der Waals surface area (Å²) >= 11 is 0. The number of rotatable bonds is 3. The second kappa shape index (κ2) is 7.80. The van der Waals surface area contributed by atoms with Crippen LogP contribution in [0.25, 0.3) is 0 Å². The number of piperidine rings is 1. The van der Waals surface area contributed by atoms with Gasteiger partial charge in [0.25, 0.3) is 0 Å². The van der Waals surface area contributed by atoms with Gasteiger partial charge in [0.05, 0.1) is 5.69 Å². The maximum atomic E-state index is 11.5. The lowest BCUT2D eigenvalue weighted by Crippen LogP contribution is -2.48. The molecule has 0 saturated carbocycles. The molecule has 2 aliphatic rings. The molecule has 3 heterocycles. The maximum absolute atomic E-state index is 11.5. The van der Waals surface area contributed by atoms with Crippen molar-refractivity contribution in [3.63, 3.8) is 0 Å². The van der Waals surface area contributed by atoms with E-state index in [1.54, 1.807) is 13.8 Å². The summed E-state index contributed by atoms with van der Waals surface area (Å²) in [6.45, 7) is 8.02. The number of likely N-dealkylation sites (tertiary alicyclic amines) is 1. The van der Waals surface area contributed by atoms with Gasteiger partial charge in [-0.25, -0.2) is 0 Å². The van der Waals surface area contributed by atoms with Gasteiger partial charge in [0.2, 0.25) is 11.8 Å². The van der Waals surface area contributed by atoms with Crippen molar-refractivity contribution in [2.24, 2.45) is 5.92 Å². The molecule has 7 heteroatoms. The second-order valence-electron chi connectivity index (χ2n) is 7.05. The number of piperazine rings is 1. The number of aromatic nitrogens is 2. The molecule has 0 bridgehead atoms. The van der Waals surface area contributed by atoms with E-state index in [-0.39, 0.29) is 11.8 Å². The third-order valence-corrected chi connectivity index (χ3v) is 5.22. The van der Waals surface area contributed by atoms with Gasteiger partial charge in [-0.2, -0.15) is 5.10 Å². The Bertz CT molecular complexity index is 610. The summed E-state index contributed by atoms with van der Waals surface area (Å²) in [5.41, 5.74) is 0.988. The first-order valence-corrected chi connectivity index (χ1v) is 9.11. The molecule has 0 aromatic carbocycles. The van der Waals surface area contributed by atoms with Gasteiger partial charge < -0.3 is 14.7 Å². The Morgan fingerprint density at radius 1 is 1.00 bits per heavy atom. The summed E-state index contributed by atoms with van der Waals surface area (Å²) < 4.78 is 0. The van der Waals surface area contributed by atoms with Gasteiger partial charge in [-0.05, 0) is 37.3 Å². The predicted molar refractivity (Wildman–Crippen MR) is 95.2 cm³/mol. The maximum Gasteiger partial charge on any atom is 0.219 e.